The Balaban J connectivity index is 0. The first-order valence-electron chi connectivity index (χ1n) is 17.7. The SMILES string of the molecule is CCCCCCCCCCCCCCC(O)C(O)CO.CCCCCCCCCCCCCCCCCC(=O)O. The molecule has 2 atom stereocenters. The van der Waals surface area contributed by atoms with E-state index in [1.54, 1.807) is 0 Å². The summed E-state index contributed by atoms with van der Waals surface area (Å²) in [5.74, 6) is -0.653. The molecule has 0 amide bonds. The highest BCUT2D eigenvalue weighted by molar-refractivity contribution is 5.66. The highest BCUT2D eigenvalue weighted by Crippen LogP contribution is 2.15. The minimum atomic E-state index is -0.970. The van der Waals surface area contributed by atoms with Crippen LogP contribution in [0.4, 0.5) is 0 Å². The number of unbranched alkanes of at least 4 members (excludes halogenated alkanes) is 25. The first-order chi connectivity index (χ1) is 19.5. The Labute approximate surface area is 249 Å². The molecule has 0 aromatic rings. The molecule has 0 saturated heterocycles. The van der Waals surface area contributed by atoms with Crippen molar-refractivity contribution >= 4 is 5.97 Å². The predicted molar refractivity (Wildman–Crippen MR) is 172 cm³/mol. The third-order valence-electron chi connectivity index (χ3n) is 7.98. The number of hydrogen-bond acceptors (Lipinski definition) is 4. The number of carboxylic acid groups (broad SMARTS) is 1. The fourth-order valence-electron chi connectivity index (χ4n) is 5.16. The Kier molecular flexibility index (Phi) is 37.7. The Morgan fingerprint density at radius 1 is 0.450 bits per heavy atom. The van der Waals surface area contributed by atoms with E-state index in [4.69, 9.17) is 10.2 Å². The van der Waals surface area contributed by atoms with E-state index in [1.165, 1.54) is 148 Å². The minimum Gasteiger partial charge on any atom is -0.481 e. The maximum atomic E-state index is 10.3. The van der Waals surface area contributed by atoms with Crippen LogP contribution in [-0.4, -0.2) is 45.2 Å². The highest BCUT2D eigenvalue weighted by Gasteiger charge is 2.13. The van der Waals surface area contributed by atoms with E-state index in [9.17, 15) is 15.0 Å². The van der Waals surface area contributed by atoms with Gasteiger partial charge in [0.15, 0.2) is 0 Å². The lowest BCUT2D eigenvalue weighted by Gasteiger charge is -2.14. The van der Waals surface area contributed by atoms with Crippen LogP contribution in [0.25, 0.3) is 0 Å². The van der Waals surface area contributed by atoms with Crippen molar-refractivity contribution in [3.05, 3.63) is 0 Å². The smallest absolute Gasteiger partial charge is 0.303 e. The van der Waals surface area contributed by atoms with Gasteiger partial charge in [0.2, 0.25) is 0 Å². The largest absolute Gasteiger partial charge is 0.481 e. The van der Waals surface area contributed by atoms with Crippen molar-refractivity contribution in [2.75, 3.05) is 6.61 Å². The number of rotatable bonds is 31. The van der Waals surface area contributed by atoms with Gasteiger partial charge in [0.05, 0.1) is 12.7 Å². The molecule has 242 valence electrons. The fourth-order valence-corrected chi connectivity index (χ4v) is 5.16. The second-order valence-electron chi connectivity index (χ2n) is 12.1. The lowest BCUT2D eigenvalue weighted by molar-refractivity contribution is -0.137. The molecule has 0 bridgehead atoms. The monoisotopic (exact) mass is 573 g/mol. The molecule has 0 fully saturated rings. The van der Waals surface area contributed by atoms with Crippen molar-refractivity contribution in [3.8, 4) is 0 Å². The van der Waals surface area contributed by atoms with Crippen molar-refractivity contribution in [1.82, 2.24) is 0 Å². The molecule has 0 spiro atoms. The van der Waals surface area contributed by atoms with Gasteiger partial charge in [0.1, 0.15) is 6.10 Å². The second-order valence-corrected chi connectivity index (χ2v) is 12.1. The summed E-state index contributed by atoms with van der Waals surface area (Å²) in [5.41, 5.74) is 0. The molecule has 0 aliphatic rings. The van der Waals surface area contributed by atoms with Crippen molar-refractivity contribution in [2.45, 2.75) is 212 Å². The van der Waals surface area contributed by atoms with Gasteiger partial charge in [-0.05, 0) is 12.8 Å². The molecule has 40 heavy (non-hydrogen) atoms. The molecule has 5 nitrogen and oxygen atoms in total. The Morgan fingerprint density at radius 3 is 1.00 bits per heavy atom. The van der Waals surface area contributed by atoms with Gasteiger partial charge in [-0.15, -0.1) is 0 Å². The third-order valence-corrected chi connectivity index (χ3v) is 7.98. The summed E-state index contributed by atoms with van der Waals surface area (Å²) in [6, 6.07) is 0. The summed E-state index contributed by atoms with van der Waals surface area (Å²) in [6.45, 7) is 4.18. The van der Waals surface area contributed by atoms with E-state index in [0.717, 1.165) is 25.7 Å². The van der Waals surface area contributed by atoms with Crippen molar-refractivity contribution in [1.29, 1.82) is 0 Å². The van der Waals surface area contributed by atoms with Gasteiger partial charge in [-0.25, -0.2) is 0 Å². The van der Waals surface area contributed by atoms with Gasteiger partial charge in [-0.1, -0.05) is 181 Å². The normalized spacial score (nSPS) is 12.6. The van der Waals surface area contributed by atoms with Crippen LogP contribution in [-0.2, 0) is 4.79 Å². The molecule has 4 N–H and O–H groups in total. The fraction of sp³-hybridized carbons (Fsp3) is 0.971. The molecule has 5 heteroatoms. The zero-order chi connectivity index (χ0) is 29.9. The number of carboxylic acids is 1. The van der Waals surface area contributed by atoms with Gasteiger partial charge in [-0.2, -0.15) is 0 Å². The zero-order valence-electron chi connectivity index (χ0n) is 27.1. The van der Waals surface area contributed by atoms with Gasteiger partial charge in [0.25, 0.3) is 0 Å². The molecule has 0 rings (SSSR count). The Hall–Kier alpha value is -0.650. The lowest BCUT2D eigenvalue weighted by atomic mass is 10.0. The maximum absolute atomic E-state index is 10.3. The van der Waals surface area contributed by atoms with Gasteiger partial charge < -0.3 is 20.4 Å². The summed E-state index contributed by atoms with van der Waals surface area (Å²) < 4.78 is 0. The van der Waals surface area contributed by atoms with E-state index in [0.29, 0.717) is 12.8 Å². The standard InChI is InChI=1S/C18H36O2.C17H36O3/c1-2-3-4-5-6-7-8-9-10-11-12-13-14-15-16-17-18(19)20;1-2-3-4-5-6-7-8-9-10-11-12-13-14-16(19)17(20)15-18/h2-17H2,1H3,(H,19,20);16-20H,2-15H2,1H3. The van der Waals surface area contributed by atoms with Gasteiger partial charge in [0, 0.05) is 6.42 Å². The van der Waals surface area contributed by atoms with E-state index < -0.39 is 18.2 Å². The maximum Gasteiger partial charge on any atom is 0.303 e. The molecule has 2 unspecified atom stereocenters. The lowest BCUT2D eigenvalue weighted by Crippen LogP contribution is -2.28. The van der Waals surface area contributed by atoms with Gasteiger partial charge >= 0.3 is 5.97 Å². The van der Waals surface area contributed by atoms with Gasteiger partial charge in [-0.3, -0.25) is 4.79 Å². The first kappa shape index (κ1) is 41.5. The van der Waals surface area contributed by atoms with Crippen molar-refractivity contribution in [2.24, 2.45) is 0 Å². The summed E-state index contributed by atoms with van der Waals surface area (Å²) in [7, 11) is 0. The zero-order valence-corrected chi connectivity index (χ0v) is 27.1. The molecule has 0 aromatic heterocycles. The number of carbonyl (C=O) groups is 1. The quantitative estimate of drug-likeness (QED) is 0.0619. The van der Waals surface area contributed by atoms with Crippen LogP contribution in [0.2, 0.25) is 0 Å². The van der Waals surface area contributed by atoms with Crippen LogP contribution in [0.3, 0.4) is 0 Å². The number of aliphatic carboxylic acids is 1. The number of hydrogen-bond donors (Lipinski definition) is 4. The molecule has 0 heterocycles. The highest BCUT2D eigenvalue weighted by atomic mass is 16.4. The minimum absolute atomic E-state index is 0.345. The average Bonchev–Trinajstić information content (AvgIpc) is 2.95. The second kappa shape index (κ2) is 36.4. The number of aliphatic hydroxyl groups is 3. The Morgan fingerprint density at radius 2 is 0.725 bits per heavy atom. The molecular formula is C35H72O5. The van der Waals surface area contributed by atoms with Crippen molar-refractivity contribution in [3.63, 3.8) is 0 Å². The van der Waals surface area contributed by atoms with Crippen LogP contribution >= 0.6 is 0 Å². The van der Waals surface area contributed by atoms with Crippen LogP contribution in [0.1, 0.15) is 200 Å². The Bertz CT molecular complexity index is 471. The molecule has 0 aromatic carbocycles. The van der Waals surface area contributed by atoms with Crippen LogP contribution < -0.4 is 0 Å². The first-order valence-corrected chi connectivity index (χ1v) is 17.7. The van der Waals surface area contributed by atoms with Crippen molar-refractivity contribution < 1.29 is 25.2 Å². The van der Waals surface area contributed by atoms with Crippen LogP contribution in [0.5, 0.6) is 0 Å². The number of aliphatic hydroxyl groups excluding tert-OH is 3. The summed E-state index contributed by atoms with van der Waals surface area (Å²) in [5, 5.41) is 35.9. The molecule has 0 aliphatic carbocycles. The molecule has 0 aliphatic heterocycles. The van der Waals surface area contributed by atoms with Crippen LogP contribution in [0, 0.1) is 0 Å². The average molecular weight is 573 g/mol. The van der Waals surface area contributed by atoms with E-state index in [1.807, 2.05) is 0 Å². The summed E-state index contributed by atoms with van der Waals surface area (Å²) >= 11 is 0. The van der Waals surface area contributed by atoms with E-state index in [-0.39, 0.29) is 6.61 Å². The van der Waals surface area contributed by atoms with E-state index in [2.05, 4.69) is 13.8 Å². The van der Waals surface area contributed by atoms with Crippen LogP contribution in [0.15, 0.2) is 0 Å². The molecular weight excluding hydrogens is 500 g/mol. The molecule has 0 radical (unpaired) electrons. The molecule has 0 saturated carbocycles. The van der Waals surface area contributed by atoms with E-state index >= 15 is 0 Å². The topological polar surface area (TPSA) is 98.0 Å². The summed E-state index contributed by atoms with van der Waals surface area (Å²) in [6.07, 6.45) is 34.6. The summed E-state index contributed by atoms with van der Waals surface area (Å²) in [4.78, 5) is 10.3. The predicted octanol–water partition coefficient (Wildman–Crippen LogP) is 10.1. The third kappa shape index (κ3) is 37.4.